The average Bonchev–Trinajstić information content (AvgIpc) is 2.74. The van der Waals surface area contributed by atoms with Crippen LogP contribution in [0.15, 0.2) is 12.2 Å². The molecule has 0 N–H and O–H groups in total. The fourth-order valence-corrected chi connectivity index (χ4v) is 3.23. The molecule has 176 valence electrons. The van der Waals surface area contributed by atoms with Gasteiger partial charge in [-0.3, -0.25) is 9.59 Å². The zero-order chi connectivity index (χ0) is 22.1. The van der Waals surface area contributed by atoms with Crippen molar-refractivity contribution in [2.75, 3.05) is 13.2 Å². The van der Waals surface area contributed by atoms with E-state index in [0.717, 1.165) is 83.5 Å². The standard InChI is InChI=1S/C26H48O4/c1-3-5-19-23-29-25(27)21-17-15-13-11-9-7-8-10-12-14-16-18-22-26(28)30-24-20-6-4-2/h7,9H,3-6,8,10-24H2,1-2H3/b9-7+. The van der Waals surface area contributed by atoms with Crippen molar-refractivity contribution in [3.63, 3.8) is 0 Å². The molecule has 30 heavy (non-hydrogen) atoms. The Balaban J connectivity index is 3.27. The lowest BCUT2D eigenvalue weighted by molar-refractivity contribution is -0.144. The van der Waals surface area contributed by atoms with E-state index in [-0.39, 0.29) is 11.9 Å². The molecule has 0 aliphatic heterocycles. The summed E-state index contributed by atoms with van der Waals surface area (Å²) in [4.78, 5) is 23.1. The molecule has 0 amide bonds. The molecule has 0 spiro atoms. The summed E-state index contributed by atoms with van der Waals surface area (Å²) in [6.45, 7) is 5.47. The Morgan fingerprint density at radius 1 is 0.533 bits per heavy atom. The van der Waals surface area contributed by atoms with Gasteiger partial charge >= 0.3 is 11.9 Å². The lowest BCUT2D eigenvalue weighted by Gasteiger charge is -2.04. The quantitative estimate of drug-likeness (QED) is 0.101. The van der Waals surface area contributed by atoms with E-state index < -0.39 is 0 Å². The van der Waals surface area contributed by atoms with E-state index >= 15 is 0 Å². The van der Waals surface area contributed by atoms with Crippen molar-refractivity contribution in [2.24, 2.45) is 0 Å². The number of ether oxygens (including phenoxy) is 2. The molecule has 4 heteroatoms. The monoisotopic (exact) mass is 424 g/mol. The molecular formula is C26H48O4. The minimum atomic E-state index is -0.0366. The van der Waals surface area contributed by atoms with Gasteiger partial charge in [0.15, 0.2) is 0 Å². The van der Waals surface area contributed by atoms with Gasteiger partial charge in [-0.1, -0.05) is 77.4 Å². The van der Waals surface area contributed by atoms with Crippen LogP contribution in [-0.4, -0.2) is 25.2 Å². The molecule has 0 radical (unpaired) electrons. The van der Waals surface area contributed by atoms with Crippen LogP contribution in [0.5, 0.6) is 0 Å². The summed E-state index contributed by atoms with van der Waals surface area (Å²) < 4.78 is 10.4. The summed E-state index contributed by atoms with van der Waals surface area (Å²) in [6.07, 6.45) is 23.4. The van der Waals surface area contributed by atoms with Crippen LogP contribution in [-0.2, 0) is 19.1 Å². The maximum atomic E-state index is 11.6. The summed E-state index contributed by atoms with van der Waals surface area (Å²) in [5.74, 6) is -0.0663. The van der Waals surface area contributed by atoms with Crippen molar-refractivity contribution >= 4 is 11.9 Å². The number of hydrogen-bond acceptors (Lipinski definition) is 4. The van der Waals surface area contributed by atoms with Gasteiger partial charge in [0.25, 0.3) is 0 Å². The second-order valence-corrected chi connectivity index (χ2v) is 8.23. The smallest absolute Gasteiger partial charge is 0.305 e. The van der Waals surface area contributed by atoms with Gasteiger partial charge in [0.1, 0.15) is 0 Å². The Labute approximate surface area is 186 Å². The molecule has 0 aromatic rings. The highest BCUT2D eigenvalue weighted by Crippen LogP contribution is 2.10. The van der Waals surface area contributed by atoms with Gasteiger partial charge in [-0.05, 0) is 51.4 Å². The number of unbranched alkanes of at least 4 members (excludes halogenated alkanes) is 12. The molecular weight excluding hydrogens is 376 g/mol. The highest BCUT2D eigenvalue weighted by molar-refractivity contribution is 5.69. The first-order chi connectivity index (χ1) is 14.7. The van der Waals surface area contributed by atoms with Crippen molar-refractivity contribution in [1.82, 2.24) is 0 Å². The van der Waals surface area contributed by atoms with Crippen LogP contribution in [0.4, 0.5) is 0 Å². The van der Waals surface area contributed by atoms with Crippen LogP contribution in [0.1, 0.15) is 129 Å². The normalized spacial score (nSPS) is 11.1. The Hall–Kier alpha value is -1.32. The second-order valence-electron chi connectivity index (χ2n) is 8.23. The third-order valence-electron chi connectivity index (χ3n) is 5.19. The topological polar surface area (TPSA) is 52.6 Å². The van der Waals surface area contributed by atoms with E-state index in [1.807, 2.05) is 0 Å². The second kappa shape index (κ2) is 24.0. The first-order valence-electron chi connectivity index (χ1n) is 12.7. The number of esters is 2. The van der Waals surface area contributed by atoms with Crippen LogP contribution < -0.4 is 0 Å². The number of hydrogen-bond donors (Lipinski definition) is 0. The van der Waals surface area contributed by atoms with Gasteiger partial charge in [-0.25, -0.2) is 0 Å². The molecule has 4 nitrogen and oxygen atoms in total. The highest BCUT2D eigenvalue weighted by atomic mass is 16.5. The zero-order valence-corrected chi connectivity index (χ0v) is 19.9. The maximum absolute atomic E-state index is 11.6. The predicted octanol–water partition coefficient (Wildman–Crippen LogP) is 7.69. The molecule has 0 saturated carbocycles. The van der Waals surface area contributed by atoms with Crippen molar-refractivity contribution in [3.8, 4) is 0 Å². The molecule has 0 aliphatic rings. The molecule has 0 rings (SSSR count). The van der Waals surface area contributed by atoms with Crippen molar-refractivity contribution in [1.29, 1.82) is 0 Å². The summed E-state index contributed by atoms with van der Waals surface area (Å²) in [7, 11) is 0. The van der Waals surface area contributed by atoms with Gasteiger partial charge in [-0.2, -0.15) is 0 Å². The fraction of sp³-hybridized carbons (Fsp3) is 0.846. The van der Waals surface area contributed by atoms with Crippen LogP contribution >= 0.6 is 0 Å². The molecule has 0 bridgehead atoms. The van der Waals surface area contributed by atoms with E-state index in [4.69, 9.17) is 9.47 Å². The number of rotatable bonds is 22. The molecule has 0 unspecified atom stereocenters. The van der Waals surface area contributed by atoms with Gasteiger partial charge in [0.05, 0.1) is 13.2 Å². The molecule has 0 saturated heterocycles. The fourth-order valence-electron chi connectivity index (χ4n) is 3.23. The van der Waals surface area contributed by atoms with Gasteiger partial charge in [-0.15, -0.1) is 0 Å². The third kappa shape index (κ3) is 23.0. The van der Waals surface area contributed by atoms with Gasteiger partial charge in [0.2, 0.25) is 0 Å². The minimum absolute atomic E-state index is 0.0297. The van der Waals surface area contributed by atoms with Gasteiger partial charge in [0, 0.05) is 12.8 Å². The van der Waals surface area contributed by atoms with E-state index in [9.17, 15) is 9.59 Å². The van der Waals surface area contributed by atoms with E-state index in [1.165, 1.54) is 19.3 Å². The lowest BCUT2D eigenvalue weighted by Crippen LogP contribution is -2.05. The summed E-state index contributed by atoms with van der Waals surface area (Å²) >= 11 is 0. The molecule has 0 fully saturated rings. The number of carbonyl (C=O) groups is 2. The van der Waals surface area contributed by atoms with Crippen LogP contribution in [0, 0.1) is 0 Å². The summed E-state index contributed by atoms with van der Waals surface area (Å²) in [5.41, 5.74) is 0. The average molecular weight is 425 g/mol. The Bertz CT molecular complexity index is 417. The SMILES string of the molecule is CCCCCOC(=O)CCCCC/C=C/CCCCCCCC(=O)OCCCCC. The van der Waals surface area contributed by atoms with Crippen molar-refractivity contribution < 1.29 is 19.1 Å². The first kappa shape index (κ1) is 28.7. The molecule has 0 aromatic carbocycles. The highest BCUT2D eigenvalue weighted by Gasteiger charge is 2.02. The summed E-state index contributed by atoms with van der Waals surface area (Å²) in [6, 6.07) is 0. The van der Waals surface area contributed by atoms with E-state index in [2.05, 4.69) is 26.0 Å². The Kier molecular flexibility index (Phi) is 22.9. The molecule has 0 heterocycles. The third-order valence-corrected chi connectivity index (χ3v) is 5.19. The Morgan fingerprint density at radius 3 is 1.40 bits per heavy atom. The van der Waals surface area contributed by atoms with Crippen molar-refractivity contribution in [3.05, 3.63) is 12.2 Å². The lowest BCUT2D eigenvalue weighted by atomic mass is 10.1. The van der Waals surface area contributed by atoms with Gasteiger partial charge < -0.3 is 9.47 Å². The first-order valence-corrected chi connectivity index (χ1v) is 12.7. The van der Waals surface area contributed by atoms with E-state index in [1.54, 1.807) is 0 Å². The minimum Gasteiger partial charge on any atom is -0.466 e. The molecule has 0 aromatic heterocycles. The zero-order valence-electron chi connectivity index (χ0n) is 19.9. The van der Waals surface area contributed by atoms with E-state index in [0.29, 0.717) is 26.1 Å². The maximum Gasteiger partial charge on any atom is 0.305 e. The van der Waals surface area contributed by atoms with Crippen molar-refractivity contribution in [2.45, 2.75) is 129 Å². The molecule has 0 atom stereocenters. The summed E-state index contributed by atoms with van der Waals surface area (Å²) in [5, 5.41) is 0. The van der Waals surface area contributed by atoms with Crippen LogP contribution in [0.2, 0.25) is 0 Å². The van der Waals surface area contributed by atoms with Crippen LogP contribution in [0.25, 0.3) is 0 Å². The number of allylic oxidation sites excluding steroid dienone is 2. The van der Waals surface area contributed by atoms with Crippen LogP contribution in [0.3, 0.4) is 0 Å². The largest absolute Gasteiger partial charge is 0.466 e. The molecule has 0 aliphatic carbocycles. The number of carbonyl (C=O) groups excluding carboxylic acids is 2. The Morgan fingerprint density at radius 2 is 0.933 bits per heavy atom. The predicted molar refractivity (Wildman–Crippen MR) is 126 cm³/mol.